The molecule has 2 N–H and O–H groups in total. The molecule has 0 aliphatic heterocycles. The van der Waals surface area contributed by atoms with E-state index >= 15 is 0 Å². The lowest BCUT2D eigenvalue weighted by atomic mass is 9.65. The molecule has 4 aromatic carbocycles. The third kappa shape index (κ3) is 5.75. The number of benzene rings is 4. The molecule has 2 heterocycles. The van der Waals surface area contributed by atoms with Crippen LogP contribution in [0.3, 0.4) is 0 Å². The van der Waals surface area contributed by atoms with Gasteiger partial charge in [-0.2, -0.15) is 0 Å². The van der Waals surface area contributed by atoms with Crippen molar-refractivity contribution in [3.8, 4) is 5.75 Å². The van der Waals surface area contributed by atoms with E-state index < -0.39 is 17.6 Å². The molecule has 1 aliphatic rings. The average molecular weight is 656 g/mol. The van der Waals surface area contributed by atoms with Crippen molar-refractivity contribution in [2.24, 2.45) is 11.8 Å². The highest BCUT2D eigenvalue weighted by atomic mass is 19.1. The molecule has 0 saturated heterocycles. The van der Waals surface area contributed by atoms with Gasteiger partial charge in [0.15, 0.2) is 17.0 Å². The van der Waals surface area contributed by atoms with E-state index in [0.29, 0.717) is 34.4 Å². The number of anilines is 1. The molecule has 246 valence electrons. The standard InChI is InChI=1S/C39H34FN5O4/c1-48-30-19-17-29(18-20-30)39(27-13-7-3-8-14-27,28-15-9-4-10-16-28)49-23-33-32(22-46)31(21-40)35(33)45-25-43-34-36(41-24-42-37(34)45)44-38(47)26-11-5-2-6-12-26/h2-21,24-25,32-33,35,46H,22-23H2,1H3,(H,41,42,44,47)/b31-21-/t32-,33+,35+/m1/s1. The molecule has 9 nitrogen and oxygen atoms in total. The van der Waals surface area contributed by atoms with Gasteiger partial charge in [0.05, 0.1) is 39.0 Å². The van der Waals surface area contributed by atoms with Crippen LogP contribution >= 0.6 is 0 Å². The number of carbonyl (C=O) groups is 1. The number of aliphatic hydroxyl groups excluding tert-OH is 1. The molecule has 1 fully saturated rings. The van der Waals surface area contributed by atoms with Crippen LogP contribution in [0.1, 0.15) is 33.1 Å². The van der Waals surface area contributed by atoms with E-state index in [1.165, 1.54) is 6.33 Å². The van der Waals surface area contributed by atoms with Crippen molar-refractivity contribution in [2.75, 3.05) is 25.6 Å². The van der Waals surface area contributed by atoms with Gasteiger partial charge in [0.1, 0.15) is 17.7 Å². The summed E-state index contributed by atoms with van der Waals surface area (Å²) < 4.78 is 29.0. The van der Waals surface area contributed by atoms with Gasteiger partial charge in [-0.05, 0) is 46.5 Å². The number of hydrogen-bond acceptors (Lipinski definition) is 7. The molecule has 0 radical (unpaired) electrons. The molecular formula is C39H34FN5O4. The zero-order valence-corrected chi connectivity index (χ0v) is 26.7. The van der Waals surface area contributed by atoms with E-state index in [4.69, 9.17) is 9.47 Å². The fourth-order valence-electron chi connectivity index (χ4n) is 6.83. The smallest absolute Gasteiger partial charge is 0.256 e. The SMILES string of the molecule is COc1ccc(C(OC[C@H]2[C@H](CO)/C(=C/F)[C@@H]2n2cnc3c(NC(=O)c4ccccc4)ncnc32)(c2ccccc2)c2ccccc2)cc1. The van der Waals surface area contributed by atoms with Crippen molar-refractivity contribution >= 4 is 22.9 Å². The summed E-state index contributed by atoms with van der Waals surface area (Å²) in [4.78, 5) is 26.3. The molecule has 1 amide bonds. The predicted octanol–water partition coefficient (Wildman–Crippen LogP) is 6.73. The van der Waals surface area contributed by atoms with Crippen LogP contribution in [0.25, 0.3) is 11.2 Å². The van der Waals surface area contributed by atoms with Gasteiger partial charge in [-0.3, -0.25) is 4.79 Å². The van der Waals surface area contributed by atoms with E-state index in [9.17, 15) is 14.3 Å². The maximum atomic E-state index is 14.6. The highest BCUT2D eigenvalue weighted by Crippen LogP contribution is 2.52. The first-order valence-corrected chi connectivity index (χ1v) is 15.9. The van der Waals surface area contributed by atoms with E-state index in [1.54, 1.807) is 42.3 Å². The Labute approximate surface area is 282 Å². The lowest BCUT2D eigenvalue weighted by Crippen LogP contribution is -2.47. The van der Waals surface area contributed by atoms with E-state index in [2.05, 4.69) is 20.3 Å². The van der Waals surface area contributed by atoms with Gasteiger partial charge >= 0.3 is 0 Å². The molecule has 1 saturated carbocycles. The molecule has 0 bridgehead atoms. The first-order valence-electron chi connectivity index (χ1n) is 15.9. The van der Waals surface area contributed by atoms with Crippen molar-refractivity contribution < 1.29 is 23.8 Å². The molecule has 49 heavy (non-hydrogen) atoms. The van der Waals surface area contributed by atoms with Crippen LogP contribution in [0.5, 0.6) is 5.75 Å². The van der Waals surface area contributed by atoms with Crippen LogP contribution in [-0.2, 0) is 10.3 Å². The third-order valence-corrected chi connectivity index (χ3v) is 9.29. The molecule has 6 aromatic rings. The second-order valence-corrected chi connectivity index (χ2v) is 11.8. The van der Waals surface area contributed by atoms with Crippen LogP contribution in [0.2, 0.25) is 0 Å². The lowest BCUT2D eigenvalue weighted by Gasteiger charge is -2.48. The Morgan fingerprint density at radius 2 is 1.49 bits per heavy atom. The van der Waals surface area contributed by atoms with Crippen LogP contribution in [-0.4, -0.2) is 50.9 Å². The maximum absolute atomic E-state index is 14.6. The minimum Gasteiger partial charge on any atom is -0.497 e. The normalized spacial score (nSPS) is 18.3. The van der Waals surface area contributed by atoms with Crippen molar-refractivity contribution in [3.05, 3.63) is 162 Å². The number of ether oxygens (including phenoxy) is 2. The summed E-state index contributed by atoms with van der Waals surface area (Å²) >= 11 is 0. The van der Waals surface area contributed by atoms with Crippen molar-refractivity contribution in [2.45, 2.75) is 11.6 Å². The van der Waals surface area contributed by atoms with Crippen molar-refractivity contribution in [1.82, 2.24) is 19.5 Å². The molecule has 0 unspecified atom stereocenters. The fourth-order valence-corrected chi connectivity index (χ4v) is 6.83. The van der Waals surface area contributed by atoms with Gasteiger partial charge < -0.3 is 24.5 Å². The van der Waals surface area contributed by atoms with Crippen molar-refractivity contribution in [3.63, 3.8) is 0 Å². The van der Waals surface area contributed by atoms with Gasteiger partial charge in [0.2, 0.25) is 0 Å². The van der Waals surface area contributed by atoms with Crippen LogP contribution in [0.15, 0.2) is 140 Å². The number of amides is 1. The Balaban J connectivity index is 1.27. The summed E-state index contributed by atoms with van der Waals surface area (Å²) in [6.07, 6.45) is 3.46. The number of hydrogen-bond donors (Lipinski definition) is 2. The molecule has 10 heteroatoms. The van der Waals surface area contributed by atoms with Crippen LogP contribution in [0, 0.1) is 11.8 Å². The monoisotopic (exact) mass is 655 g/mol. The number of carbonyl (C=O) groups excluding carboxylic acids is 1. The molecule has 1 aliphatic carbocycles. The minimum absolute atomic E-state index is 0.144. The first-order chi connectivity index (χ1) is 24.1. The highest BCUT2D eigenvalue weighted by molar-refractivity contribution is 6.06. The number of aliphatic hydroxyl groups is 1. The number of imidazole rings is 1. The van der Waals surface area contributed by atoms with E-state index in [-0.39, 0.29) is 30.9 Å². The zero-order chi connectivity index (χ0) is 33.8. The Hall–Kier alpha value is -5.71. The lowest BCUT2D eigenvalue weighted by molar-refractivity contribution is -0.0510. The molecular weight excluding hydrogens is 621 g/mol. The minimum atomic E-state index is -1.05. The first kappa shape index (κ1) is 31.9. The number of halogens is 1. The van der Waals surface area contributed by atoms with Gasteiger partial charge in [-0.25, -0.2) is 19.3 Å². The predicted molar refractivity (Wildman–Crippen MR) is 184 cm³/mol. The highest BCUT2D eigenvalue weighted by Gasteiger charge is 2.49. The zero-order valence-electron chi connectivity index (χ0n) is 26.7. The number of rotatable bonds is 11. The Kier molecular flexibility index (Phi) is 8.97. The number of methoxy groups -OCH3 is 1. The van der Waals surface area contributed by atoms with Crippen molar-refractivity contribution in [1.29, 1.82) is 0 Å². The van der Waals surface area contributed by atoms with Crippen LogP contribution < -0.4 is 10.1 Å². The van der Waals surface area contributed by atoms with Crippen LogP contribution in [0.4, 0.5) is 10.2 Å². The largest absolute Gasteiger partial charge is 0.497 e. The number of nitrogens with zero attached hydrogens (tertiary/aromatic N) is 4. The summed E-state index contributed by atoms with van der Waals surface area (Å²) in [5.41, 5.74) is 3.28. The topological polar surface area (TPSA) is 111 Å². The Morgan fingerprint density at radius 3 is 2.08 bits per heavy atom. The number of aromatic nitrogens is 4. The van der Waals surface area contributed by atoms with E-state index in [1.807, 2.05) is 91.0 Å². The second-order valence-electron chi connectivity index (χ2n) is 11.8. The summed E-state index contributed by atoms with van der Waals surface area (Å²) in [5, 5.41) is 13.3. The summed E-state index contributed by atoms with van der Waals surface area (Å²) in [7, 11) is 1.62. The van der Waals surface area contributed by atoms with Gasteiger partial charge in [0.25, 0.3) is 5.91 Å². The molecule has 2 aromatic heterocycles. The van der Waals surface area contributed by atoms with Gasteiger partial charge in [-0.15, -0.1) is 0 Å². The van der Waals surface area contributed by atoms with E-state index in [0.717, 1.165) is 16.7 Å². The summed E-state index contributed by atoms with van der Waals surface area (Å²) in [6.45, 7) is -0.127. The number of nitrogens with one attached hydrogen (secondary N) is 1. The molecule has 3 atom stereocenters. The second kappa shape index (κ2) is 13.8. The Morgan fingerprint density at radius 1 is 0.878 bits per heavy atom. The summed E-state index contributed by atoms with van der Waals surface area (Å²) in [6, 6.07) is 35.9. The fraction of sp³-hybridized carbons (Fsp3) is 0.179. The number of fused-ring (bicyclic) bond motifs is 1. The average Bonchev–Trinajstić information content (AvgIpc) is 3.58. The maximum Gasteiger partial charge on any atom is 0.256 e. The third-order valence-electron chi connectivity index (χ3n) is 9.29. The molecule has 7 rings (SSSR count). The summed E-state index contributed by atoms with van der Waals surface area (Å²) in [5.74, 6) is -0.269. The Bertz CT molecular complexity index is 2030. The van der Waals surface area contributed by atoms with Gasteiger partial charge in [0, 0.05) is 17.4 Å². The van der Waals surface area contributed by atoms with Gasteiger partial charge in [-0.1, -0.05) is 91.0 Å². The molecule has 0 spiro atoms. The quantitative estimate of drug-likeness (QED) is 0.149.